The summed E-state index contributed by atoms with van der Waals surface area (Å²) in [7, 11) is 1.93. The monoisotopic (exact) mass is 299 g/mol. The lowest BCUT2D eigenvalue weighted by Gasteiger charge is -2.02. The first-order chi connectivity index (χ1) is 10.6. The standard InChI is InChI=1S/C16H18FN5/c1-11-13(9-19-22(11)2)8-18-10-15-7-16(21-20-15)12-3-5-14(17)6-4-12/h3-7,9,18H,8,10H2,1-2H3,(H,20,21). The van der Waals surface area contributed by atoms with Gasteiger partial charge >= 0.3 is 0 Å². The van der Waals surface area contributed by atoms with E-state index in [9.17, 15) is 4.39 Å². The molecule has 114 valence electrons. The second kappa shape index (κ2) is 6.11. The van der Waals surface area contributed by atoms with E-state index < -0.39 is 0 Å². The number of halogens is 1. The van der Waals surface area contributed by atoms with Crippen molar-refractivity contribution in [3.05, 3.63) is 59.3 Å². The third kappa shape index (κ3) is 3.07. The Balaban J connectivity index is 1.60. The lowest BCUT2D eigenvalue weighted by atomic mass is 10.1. The predicted octanol–water partition coefficient (Wildman–Crippen LogP) is 2.55. The number of hydrogen-bond acceptors (Lipinski definition) is 3. The van der Waals surface area contributed by atoms with Gasteiger partial charge in [0.1, 0.15) is 5.82 Å². The quantitative estimate of drug-likeness (QED) is 0.761. The van der Waals surface area contributed by atoms with Gasteiger partial charge in [0.15, 0.2) is 0 Å². The van der Waals surface area contributed by atoms with Crippen LogP contribution in [-0.4, -0.2) is 20.0 Å². The van der Waals surface area contributed by atoms with Gasteiger partial charge < -0.3 is 5.32 Å². The van der Waals surface area contributed by atoms with Crippen LogP contribution in [0.4, 0.5) is 4.39 Å². The van der Waals surface area contributed by atoms with E-state index >= 15 is 0 Å². The van der Waals surface area contributed by atoms with Crippen molar-refractivity contribution in [2.75, 3.05) is 0 Å². The summed E-state index contributed by atoms with van der Waals surface area (Å²) < 4.78 is 14.8. The van der Waals surface area contributed by atoms with Gasteiger partial charge in [0.25, 0.3) is 0 Å². The molecule has 22 heavy (non-hydrogen) atoms. The fourth-order valence-corrected chi connectivity index (χ4v) is 2.27. The van der Waals surface area contributed by atoms with Crippen molar-refractivity contribution >= 4 is 0 Å². The Bertz CT molecular complexity index is 757. The molecule has 0 saturated heterocycles. The number of aromatic nitrogens is 4. The van der Waals surface area contributed by atoms with E-state index in [0.29, 0.717) is 6.54 Å². The smallest absolute Gasteiger partial charge is 0.123 e. The Morgan fingerprint density at radius 3 is 2.68 bits per heavy atom. The van der Waals surface area contributed by atoms with E-state index in [0.717, 1.165) is 29.2 Å². The molecule has 0 aliphatic carbocycles. The Kier molecular flexibility index (Phi) is 4.02. The van der Waals surface area contributed by atoms with Crippen LogP contribution in [0.1, 0.15) is 17.0 Å². The summed E-state index contributed by atoms with van der Waals surface area (Å²) in [6, 6.07) is 8.29. The molecule has 0 saturated carbocycles. The highest BCUT2D eigenvalue weighted by Crippen LogP contribution is 2.18. The number of benzene rings is 1. The molecule has 0 unspecified atom stereocenters. The molecule has 1 aromatic carbocycles. The van der Waals surface area contributed by atoms with Gasteiger partial charge in [-0.25, -0.2) is 4.39 Å². The molecule has 0 aliphatic rings. The van der Waals surface area contributed by atoms with Crippen molar-refractivity contribution in [2.24, 2.45) is 7.05 Å². The average molecular weight is 299 g/mol. The molecule has 2 aromatic heterocycles. The summed E-state index contributed by atoms with van der Waals surface area (Å²) in [6.07, 6.45) is 1.87. The van der Waals surface area contributed by atoms with E-state index in [1.54, 1.807) is 12.1 Å². The number of nitrogens with zero attached hydrogens (tertiary/aromatic N) is 3. The molecule has 0 bridgehead atoms. The van der Waals surface area contributed by atoms with Gasteiger partial charge in [-0.2, -0.15) is 10.2 Å². The zero-order valence-corrected chi connectivity index (χ0v) is 12.6. The van der Waals surface area contributed by atoms with Gasteiger partial charge in [-0.15, -0.1) is 0 Å². The van der Waals surface area contributed by atoms with Gasteiger partial charge in [-0.3, -0.25) is 9.78 Å². The zero-order valence-electron chi connectivity index (χ0n) is 12.6. The number of H-pyrrole nitrogens is 1. The van der Waals surface area contributed by atoms with Crippen LogP contribution in [0.3, 0.4) is 0 Å². The molecule has 0 fully saturated rings. The third-order valence-electron chi connectivity index (χ3n) is 3.74. The Morgan fingerprint density at radius 2 is 2.00 bits per heavy atom. The van der Waals surface area contributed by atoms with Crippen LogP contribution in [0, 0.1) is 12.7 Å². The highest BCUT2D eigenvalue weighted by atomic mass is 19.1. The molecule has 3 rings (SSSR count). The van der Waals surface area contributed by atoms with Gasteiger partial charge in [0, 0.05) is 42.7 Å². The first-order valence-electron chi connectivity index (χ1n) is 7.12. The minimum Gasteiger partial charge on any atom is -0.307 e. The zero-order chi connectivity index (χ0) is 15.5. The molecule has 3 aromatic rings. The maximum Gasteiger partial charge on any atom is 0.123 e. The van der Waals surface area contributed by atoms with Gasteiger partial charge in [-0.1, -0.05) is 0 Å². The van der Waals surface area contributed by atoms with E-state index in [4.69, 9.17) is 0 Å². The number of rotatable bonds is 5. The van der Waals surface area contributed by atoms with Crippen LogP contribution in [0.25, 0.3) is 11.3 Å². The van der Waals surface area contributed by atoms with Crippen molar-refractivity contribution in [2.45, 2.75) is 20.0 Å². The van der Waals surface area contributed by atoms with Crippen LogP contribution in [0.15, 0.2) is 36.5 Å². The Hall–Kier alpha value is -2.47. The molecule has 0 spiro atoms. The van der Waals surface area contributed by atoms with E-state index in [2.05, 4.69) is 20.6 Å². The lowest BCUT2D eigenvalue weighted by Crippen LogP contribution is -2.13. The Morgan fingerprint density at radius 1 is 1.23 bits per heavy atom. The summed E-state index contributed by atoms with van der Waals surface area (Å²) in [5.41, 5.74) is 5.03. The minimum absolute atomic E-state index is 0.243. The lowest BCUT2D eigenvalue weighted by molar-refractivity contribution is 0.628. The maximum atomic E-state index is 12.9. The number of aromatic amines is 1. The Labute approximate surface area is 128 Å². The molecule has 0 atom stereocenters. The first kappa shape index (κ1) is 14.5. The normalized spacial score (nSPS) is 11.0. The second-order valence-corrected chi connectivity index (χ2v) is 5.27. The molecule has 2 heterocycles. The topological polar surface area (TPSA) is 58.5 Å². The van der Waals surface area contributed by atoms with Crippen molar-refractivity contribution < 1.29 is 4.39 Å². The van der Waals surface area contributed by atoms with Crippen molar-refractivity contribution in [1.82, 2.24) is 25.3 Å². The minimum atomic E-state index is -0.243. The van der Waals surface area contributed by atoms with E-state index in [1.165, 1.54) is 17.7 Å². The van der Waals surface area contributed by atoms with Crippen LogP contribution >= 0.6 is 0 Å². The van der Waals surface area contributed by atoms with Crippen LogP contribution in [0.2, 0.25) is 0 Å². The van der Waals surface area contributed by atoms with Crippen molar-refractivity contribution in [3.8, 4) is 11.3 Å². The third-order valence-corrected chi connectivity index (χ3v) is 3.74. The molecule has 0 amide bonds. The van der Waals surface area contributed by atoms with Crippen LogP contribution in [-0.2, 0) is 20.1 Å². The van der Waals surface area contributed by atoms with E-state index in [-0.39, 0.29) is 5.82 Å². The second-order valence-electron chi connectivity index (χ2n) is 5.27. The van der Waals surface area contributed by atoms with E-state index in [1.807, 2.05) is 30.9 Å². The first-order valence-corrected chi connectivity index (χ1v) is 7.12. The highest BCUT2D eigenvalue weighted by molar-refractivity contribution is 5.58. The number of nitrogens with one attached hydrogen (secondary N) is 2. The molecule has 5 nitrogen and oxygen atoms in total. The SMILES string of the molecule is Cc1c(CNCc2cc(-c3ccc(F)cc3)n[nH]2)cnn1C. The summed E-state index contributed by atoms with van der Waals surface area (Å²) in [5, 5.41) is 14.8. The number of hydrogen-bond donors (Lipinski definition) is 2. The largest absolute Gasteiger partial charge is 0.307 e. The fraction of sp³-hybridized carbons (Fsp3) is 0.250. The summed E-state index contributed by atoms with van der Waals surface area (Å²) in [5.74, 6) is -0.243. The maximum absolute atomic E-state index is 12.9. The molecular formula is C16H18FN5. The summed E-state index contributed by atoms with van der Waals surface area (Å²) >= 11 is 0. The van der Waals surface area contributed by atoms with Crippen LogP contribution < -0.4 is 5.32 Å². The molecule has 0 aliphatic heterocycles. The predicted molar refractivity (Wildman–Crippen MR) is 82.5 cm³/mol. The van der Waals surface area contributed by atoms with Crippen molar-refractivity contribution in [3.63, 3.8) is 0 Å². The van der Waals surface area contributed by atoms with Crippen LogP contribution in [0.5, 0.6) is 0 Å². The van der Waals surface area contributed by atoms with Gasteiger partial charge in [0.2, 0.25) is 0 Å². The highest BCUT2D eigenvalue weighted by Gasteiger charge is 2.06. The molecule has 6 heteroatoms. The van der Waals surface area contributed by atoms with Gasteiger partial charge in [-0.05, 0) is 37.3 Å². The van der Waals surface area contributed by atoms with Crippen molar-refractivity contribution in [1.29, 1.82) is 0 Å². The summed E-state index contributed by atoms with van der Waals surface area (Å²) in [6.45, 7) is 3.49. The van der Waals surface area contributed by atoms with Gasteiger partial charge in [0.05, 0.1) is 11.9 Å². The molecule has 2 N–H and O–H groups in total. The molecule has 0 radical (unpaired) electrons. The fourth-order valence-electron chi connectivity index (χ4n) is 2.27. The number of aryl methyl sites for hydroxylation is 1. The summed E-state index contributed by atoms with van der Waals surface area (Å²) in [4.78, 5) is 0. The average Bonchev–Trinajstić information content (AvgIpc) is 3.10. The molecular weight excluding hydrogens is 281 g/mol.